The molecule has 0 aliphatic rings. The van der Waals surface area contributed by atoms with Gasteiger partial charge in [-0.15, -0.1) is 0 Å². The minimum absolute atomic E-state index is 0.0721. The summed E-state index contributed by atoms with van der Waals surface area (Å²) in [6.07, 6.45) is 18.5. The van der Waals surface area contributed by atoms with Crippen LogP contribution in [-0.4, -0.2) is 36.5 Å². The van der Waals surface area contributed by atoms with Crippen LogP contribution in [0.3, 0.4) is 0 Å². The number of benzene rings is 1. The van der Waals surface area contributed by atoms with Gasteiger partial charge in [-0.05, 0) is 77.6 Å². The van der Waals surface area contributed by atoms with E-state index in [0.717, 1.165) is 31.5 Å². The van der Waals surface area contributed by atoms with E-state index in [1.165, 1.54) is 51.4 Å². The Balaban J connectivity index is 2.40. The summed E-state index contributed by atoms with van der Waals surface area (Å²) in [4.78, 5) is 37.9. The molecule has 0 saturated heterocycles. The minimum Gasteiger partial charge on any atom is -0.465 e. The van der Waals surface area contributed by atoms with E-state index in [1.54, 1.807) is 52.0 Å². The molecule has 0 fully saturated rings. The van der Waals surface area contributed by atoms with Crippen molar-refractivity contribution in [2.45, 2.75) is 111 Å². The molecule has 1 unspecified atom stereocenters. The zero-order valence-corrected chi connectivity index (χ0v) is 23.8. The molecule has 1 rings (SSSR count). The zero-order valence-electron chi connectivity index (χ0n) is 23.8. The number of esters is 2. The van der Waals surface area contributed by atoms with Gasteiger partial charge < -0.3 is 14.8 Å². The summed E-state index contributed by atoms with van der Waals surface area (Å²) in [6.45, 7) is 9.83. The molecule has 0 bridgehead atoms. The fourth-order valence-corrected chi connectivity index (χ4v) is 3.90. The fraction of sp³-hybridized carbons (Fsp3) is 0.645. The lowest BCUT2D eigenvalue weighted by Crippen LogP contribution is -2.38. The molecule has 0 amide bonds. The van der Waals surface area contributed by atoms with Crippen LogP contribution in [-0.2, 0) is 19.1 Å². The first-order valence-electron chi connectivity index (χ1n) is 14.1. The summed E-state index contributed by atoms with van der Waals surface area (Å²) in [5.74, 6) is -4.04. The summed E-state index contributed by atoms with van der Waals surface area (Å²) >= 11 is 0. The van der Waals surface area contributed by atoms with Gasteiger partial charge in [0.05, 0.1) is 6.61 Å². The minimum atomic E-state index is -1.63. The number of ketones is 1. The van der Waals surface area contributed by atoms with Gasteiger partial charge in [0.15, 0.2) is 5.78 Å². The molecular formula is C31H49NO5. The highest BCUT2D eigenvalue weighted by atomic mass is 16.6. The summed E-state index contributed by atoms with van der Waals surface area (Å²) in [5, 5.41) is 3.35. The third-order valence-corrected chi connectivity index (χ3v) is 5.86. The van der Waals surface area contributed by atoms with Crippen molar-refractivity contribution < 1.29 is 23.9 Å². The third kappa shape index (κ3) is 14.6. The molecule has 1 aromatic carbocycles. The molecule has 0 radical (unpaired) electrons. The first-order chi connectivity index (χ1) is 17.7. The highest BCUT2D eigenvalue weighted by molar-refractivity contribution is 6.20. The average Bonchev–Trinajstić information content (AvgIpc) is 2.83. The van der Waals surface area contributed by atoms with Crippen LogP contribution in [0.1, 0.15) is 116 Å². The maximum absolute atomic E-state index is 13.0. The standard InChI is InChI=1S/C31H49NO5/c1-6-8-9-10-11-12-13-14-15-16-17-18-19-24-32-26-22-20-25(21-23-26)28(33)27(29(34)36-7-2)30(35)37-31(3,4)5/h16-17,20-23,27,32H,6-15,18-19,24H2,1-5H3. The van der Waals surface area contributed by atoms with Crippen LogP contribution < -0.4 is 5.32 Å². The highest BCUT2D eigenvalue weighted by Gasteiger charge is 2.39. The SMILES string of the molecule is CCCCCCCCCCC=CCCCNc1ccc(C(=O)C(C(=O)OCC)C(=O)OC(C)(C)C)cc1. The summed E-state index contributed by atoms with van der Waals surface area (Å²) in [6, 6.07) is 6.79. The van der Waals surface area contributed by atoms with Crippen LogP contribution in [0, 0.1) is 5.92 Å². The second-order valence-corrected chi connectivity index (χ2v) is 10.5. The molecule has 0 heterocycles. The van der Waals surface area contributed by atoms with Crippen LogP contribution in [0.25, 0.3) is 0 Å². The molecule has 0 spiro atoms. The number of hydrogen-bond acceptors (Lipinski definition) is 6. The number of Topliss-reactive ketones (excluding diaryl/α,β-unsaturated/α-hetero) is 1. The van der Waals surface area contributed by atoms with Crippen LogP contribution >= 0.6 is 0 Å². The van der Waals surface area contributed by atoms with Gasteiger partial charge in [0.1, 0.15) is 5.60 Å². The topological polar surface area (TPSA) is 81.7 Å². The number of carbonyl (C=O) groups is 3. The van der Waals surface area contributed by atoms with Crippen LogP contribution in [0.15, 0.2) is 36.4 Å². The zero-order chi connectivity index (χ0) is 27.5. The Morgan fingerprint density at radius 1 is 0.811 bits per heavy atom. The lowest BCUT2D eigenvalue weighted by atomic mass is 9.97. The number of hydrogen-bond donors (Lipinski definition) is 1. The number of nitrogens with one attached hydrogen (secondary N) is 1. The van der Waals surface area contributed by atoms with Crippen LogP contribution in [0.5, 0.6) is 0 Å². The van der Waals surface area contributed by atoms with Gasteiger partial charge in [-0.1, -0.05) is 64.0 Å². The lowest BCUT2D eigenvalue weighted by molar-refractivity contribution is -0.166. The van der Waals surface area contributed by atoms with Gasteiger partial charge in [0, 0.05) is 17.8 Å². The van der Waals surface area contributed by atoms with Crippen molar-refractivity contribution in [3.8, 4) is 0 Å². The van der Waals surface area contributed by atoms with Crippen molar-refractivity contribution in [1.29, 1.82) is 0 Å². The van der Waals surface area contributed by atoms with E-state index in [1.807, 2.05) is 0 Å². The van der Waals surface area contributed by atoms with E-state index in [9.17, 15) is 14.4 Å². The Morgan fingerprint density at radius 2 is 1.38 bits per heavy atom. The Hall–Kier alpha value is -2.63. The smallest absolute Gasteiger partial charge is 0.328 e. The first-order valence-corrected chi connectivity index (χ1v) is 14.1. The number of ether oxygens (including phenoxy) is 2. The highest BCUT2D eigenvalue weighted by Crippen LogP contribution is 2.19. The summed E-state index contributed by atoms with van der Waals surface area (Å²) in [7, 11) is 0. The van der Waals surface area contributed by atoms with Gasteiger partial charge in [-0.25, -0.2) is 0 Å². The van der Waals surface area contributed by atoms with E-state index >= 15 is 0 Å². The Kier molecular flexibility index (Phi) is 16.3. The number of rotatable bonds is 19. The second kappa shape index (κ2) is 18.6. The van der Waals surface area contributed by atoms with Gasteiger partial charge >= 0.3 is 11.9 Å². The maximum Gasteiger partial charge on any atom is 0.328 e. The Labute approximate surface area is 224 Å². The fourth-order valence-electron chi connectivity index (χ4n) is 3.90. The van der Waals surface area contributed by atoms with Crippen LogP contribution in [0.2, 0.25) is 0 Å². The van der Waals surface area contributed by atoms with E-state index in [2.05, 4.69) is 24.4 Å². The van der Waals surface area contributed by atoms with Crippen LogP contribution in [0.4, 0.5) is 5.69 Å². The van der Waals surface area contributed by atoms with E-state index < -0.39 is 29.2 Å². The molecule has 0 aromatic heterocycles. The van der Waals surface area contributed by atoms with E-state index in [4.69, 9.17) is 9.47 Å². The molecule has 1 N–H and O–H groups in total. The van der Waals surface area contributed by atoms with Crippen molar-refractivity contribution in [3.63, 3.8) is 0 Å². The van der Waals surface area contributed by atoms with Gasteiger partial charge in [-0.2, -0.15) is 0 Å². The van der Waals surface area contributed by atoms with Gasteiger partial charge in [0.2, 0.25) is 5.92 Å². The van der Waals surface area contributed by atoms with E-state index in [-0.39, 0.29) is 12.2 Å². The van der Waals surface area contributed by atoms with Crippen molar-refractivity contribution in [3.05, 3.63) is 42.0 Å². The molecular weight excluding hydrogens is 466 g/mol. The quantitative estimate of drug-likeness (QED) is 0.0669. The first kappa shape index (κ1) is 32.4. The molecule has 6 heteroatoms. The van der Waals surface area contributed by atoms with E-state index in [0.29, 0.717) is 0 Å². The Morgan fingerprint density at radius 3 is 1.95 bits per heavy atom. The van der Waals surface area contributed by atoms with Crippen molar-refractivity contribution >= 4 is 23.4 Å². The average molecular weight is 516 g/mol. The molecule has 208 valence electrons. The summed E-state index contributed by atoms with van der Waals surface area (Å²) in [5.41, 5.74) is 0.321. The third-order valence-electron chi connectivity index (χ3n) is 5.86. The Bertz CT molecular complexity index is 823. The second-order valence-electron chi connectivity index (χ2n) is 10.5. The molecule has 0 aliphatic heterocycles. The van der Waals surface area contributed by atoms with Crippen molar-refractivity contribution in [2.75, 3.05) is 18.5 Å². The number of unbranched alkanes of at least 4 members (excludes halogenated alkanes) is 9. The van der Waals surface area contributed by atoms with Gasteiger partial charge in [0.25, 0.3) is 0 Å². The maximum atomic E-state index is 13.0. The van der Waals surface area contributed by atoms with Crippen molar-refractivity contribution in [2.24, 2.45) is 5.92 Å². The number of allylic oxidation sites excluding steroid dienone is 2. The lowest BCUT2D eigenvalue weighted by Gasteiger charge is -2.22. The monoisotopic (exact) mass is 515 g/mol. The molecule has 6 nitrogen and oxygen atoms in total. The summed E-state index contributed by atoms with van der Waals surface area (Å²) < 4.78 is 10.3. The molecule has 0 saturated carbocycles. The van der Waals surface area contributed by atoms with Crippen molar-refractivity contribution in [1.82, 2.24) is 0 Å². The normalized spacial score (nSPS) is 12.4. The number of anilines is 1. The molecule has 37 heavy (non-hydrogen) atoms. The predicted molar refractivity (Wildman–Crippen MR) is 151 cm³/mol. The predicted octanol–water partition coefficient (Wildman–Crippen LogP) is 7.67. The van der Waals surface area contributed by atoms with Gasteiger partial charge in [-0.3, -0.25) is 14.4 Å². The molecule has 1 aromatic rings. The molecule has 1 atom stereocenters. The largest absolute Gasteiger partial charge is 0.465 e. The number of carbonyl (C=O) groups excluding carboxylic acids is 3. The molecule has 0 aliphatic carbocycles.